The van der Waals surface area contributed by atoms with Gasteiger partial charge < -0.3 is 5.32 Å². The van der Waals surface area contributed by atoms with Gasteiger partial charge in [-0.05, 0) is 30.3 Å². The molecule has 1 N–H and O–H groups in total. The Morgan fingerprint density at radius 1 is 0.963 bits per heavy atom. The zero-order valence-electron chi connectivity index (χ0n) is 15.1. The first kappa shape index (κ1) is 19.7. The predicted octanol–water partition coefficient (Wildman–Crippen LogP) is 6.38. The SMILES string of the molecule is CC(C)(C)c1cc(NC(=O)c2ccc(Cl)c(Cl)c2)n(-c2ccccc2Cl)n1. The molecule has 0 aliphatic carbocycles. The Morgan fingerprint density at radius 3 is 2.30 bits per heavy atom. The number of anilines is 1. The van der Waals surface area contributed by atoms with Gasteiger partial charge in [-0.2, -0.15) is 5.10 Å². The van der Waals surface area contributed by atoms with Crippen LogP contribution in [0.25, 0.3) is 5.69 Å². The number of para-hydroxylation sites is 1. The van der Waals surface area contributed by atoms with Crippen LogP contribution in [0.4, 0.5) is 5.82 Å². The van der Waals surface area contributed by atoms with E-state index in [2.05, 4.69) is 31.2 Å². The quantitative estimate of drug-likeness (QED) is 0.532. The van der Waals surface area contributed by atoms with Gasteiger partial charge in [-0.25, -0.2) is 4.68 Å². The molecule has 0 atom stereocenters. The maximum absolute atomic E-state index is 12.7. The molecule has 140 valence electrons. The van der Waals surface area contributed by atoms with E-state index in [-0.39, 0.29) is 11.3 Å². The van der Waals surface area contributed by atoms with Crippen LogP contribution in [0.3, 0.4) is 0 Å². The van der Waals surface area contributed by atoms with Gasteiger partial charge in [-0.3, -0.25) is 4.79 Å². The number of hydrogen-bond donors (Lipinski definition) is 1. The zero-order chi connectivity index (χ0) is 19.8. The molecule has 0 unspecified atom stereocenters. The third-order valence-corrected chi connectivity index (χ3v) is 5.04. The van der Waals surface area contributed by atoms with E-state index in [1.807, 2.05) is 24.3 Å². The Bertz CT molecular complexity index is 1010. The second-order valence-corrected chi connectivity index (χ2v) is 8.33. The summed E-state index contributed by atoms with van der Waals surface area (Å²) in [5.41, 5.74) is 1.70. The summed E-state index contributed by atoms with van der Waals surface area (Å²) < 4.78 is 1.64. The van der Waals surface area contributed by atoms with Crippen molar-refractivity contribution in [3.05, 3.63) is 74.9 Å². The molecule has 0 spiro atoms. The molecule has 0 saturated carbocycles. The molecule has 27 heavy (non-hydrogen) atoms. The predicted molar refractivity (Wildman–Crippen MR) is 112 cm³/mol. The van der Waals surface area contributed by atoms with Crippen LogP contribution in [0.2, 0.25) is 15.1 Å². The number of nitrogens with zero attached hydrogens (tertiary/aromatic N) is 2. The van der Waals surface area contributed by atoms with Gasteiger partial charge in [-0.15, -0.1) is 0 Å². The van der Waals surface area contributed by atoms with Crippen LogP contribution in [0.5, 0.6) is 0 Å². The first-order valence-corrected chi connectivity index (χ1v) is 9.42. The van der Waals surface area contributed by atoms with Crippen molar-refractivity contribution in [2.24, 2.45) is 0 Å². The molecule has 1 heterocycles. The van der Waals surface area contributed by atoms with E-state index in [4.69, 9.17) is 34.8 Å². The summed E-state index contributed by atoms with van der Waals surface area (Å²) in [5, 5.41) is 8.80. The van der Waals surface area contributed by atoms with Crippen molar-refractivity contribution in [2.45, 2.75) is 26.2 Å². The molecule has 1 aromatic heterocycles. The standard InChI is InChI=1S/C20H18Cl3N3O/c1-20(2,3)17-11-18(26(25-17)16-7-5-4-6-14(16)22)24-19(27)12-8-9-13(21)15(23)10-12/h4-11H,1-3H3,(H,24,27). The fraction of sp³-hybridized carbons (Fsp3) is 0.200. The number of benzene rings is 2. The summed E-state index contributed by atoms with van der Waals surface area (Å²) in [6.45, 7) is 6.16. The average molecular weight is 423 g/mol. The number of hydrogen-bond acceptors (Lipinski definition) is 2. The van der Waals surface area contributed by atoms with E-state index in [9.17, 15) is 4.79 Å². The minimum absolute atomic E-state index is 0.199. The Morgan fingerprint density at radius 2 is 1.67 bits per heavy atom. The summed E-state index contributed by atoms with van der Waals surface area (Å²) in [4.78, 5) is 12.7. The Labute approximate surface area is 173 Å². The van der Waals surface area contributed by atoms with E-state index >= 15 is 0 Å². The number of aromatic nitrogens is 2. The highest BCUT2D eigenvalue weighted by molar-refractivity contribution is 6.42. The van der Waals surface area contributed by atoms with Gasteiger partial charge in [0.1, 0.15) is 5.82 Å². The molecule has 0 aliphatic rings. The second kappa shape index (κ2) is 7.55. The Hall–Kier alpha value is -2.01. The maximum Gasteiger partial charge on any atom is 0.256 e. The highest BCUT2D eigenvalue weighted by Gasteiger charge is 2.22. The van der Waals surface area contributed by atoms with E-state index in [1.165, 1.54) is 6.07 Å². The number of nitrogens with one attached hydrogen (secondary N) is 1. The molecule has 0 bridgehead atoms. The lowest BCUT2D eigenvalue weighted by molar-refractivity contribution is 0.102. The molecule has 3 aromatic rings. The number of carbonyl (C=O) groups is 1. The average Bonchev–Trinajstić information content (AvgIpc) is 3.01. The molecule has 2 aromatic carbocycles. The highest BCUT2D eigenvalue weighted by Crippen LogP contribution is 2.29. The summed E-state index contributed by atoms with van der Waals surface area (Å²) in [5.74, 6) is 0.200. The largest absolute Gasteiger partial charge is 0.306 e. The van der Waals surface area contributed by atoms with Crippen LogP contribution in [-0.4, -0.2) is 15.7 Å². The minimum Gasteiger partial charge on any atom is -0.306 e. The first-order valence-electron chi connectivity index (χ1n) is 8.28. The normalized spacial score (nSPS) is 11.5. The van der Waals surface area contributed by atoms with Crippen LogP contribution in [0.15, 0.2) is 48.5 Å². The van der Waals surface area contributed by atoms with Crippen molar-refractivity contribution in [3.63, 3.8) is 0 Å². The van der Waals surface area contributed by atoms with E-state index < -0.39 is 0 Å². The van der Waals surface area contributed by atoms with E-state index in [1.54, 1.807) is 22.9 Å². The topological polar surface area (TPSA) is 46.9 Å². The molecule has 0 aliphatic heterocycles. The van der Waals surface area contributed by atoms with Crippen molar-refractivity contribution in [3.8, 4) is 5.69 Å². The molecule has 0 saturated heterocycles. The van der Waals surface area contributed by atoms with Gasteiger partial charge in [0.25, 0.3) is 5.91 Å². The van der Waals surface area contributed by atoms with Gasteiger partial charge in [0, 0.05) is 17.0 Å². The molecular weight excluding hydrogens is 405 g/mol. The highest BCUT2D eigenvalue weighted by atomic mass is 35.5. The lowest BCUT2D eigenvalue weighted by atomic mass is 9.92. The summed E-state index contributed by atoms with van der Waals surface area (Å²) in [7, 11) is 0. The van der Waals surface area contributed by atoms with Gasteiger partial charge in [0.15, 0.2) is 0 Å². The van der Waals surface area contributed by atoms with Crippen LogP contribution in [0, 0.1) is 0 Å². The third kappa shape index (κ3) is 4.29. The molecular formula is C20H18Cl3N3O. The molecule has 1 amide bonds. The fourth-order valence-corrected chi connectivity index (χ4v) is 2.98. The van der Waals surface area contributed by atoms with Crippen molar-refractivity contribution in [2.75, 3.05) is 5.32 Å². The molecule has 0 fully saturated rings. The van der Waals surface area contributed by atoms with Crippen LogP contribution in [0.1, 0.15) is 36.8 Å². The molecule has 7 heteroatoms. The zero-order valence-corrected chi connectivity index (χ0v) is 17.3. The first-order chi connectivity index (χ1) is 12.7. The summed E-state index contributed by atoms with van der Waals surface area (Å²) in [6.07, 6.45) is 0. The monoisotopic (exact) mass is 421 g/mol. The smallest absolute Gasteiger partial charge is 0.256 e. The molecule has 0 radical (unpaired) electrons. The Balaban J connectivity index is 2.03. The van der Waals surface area contributed by atoms with E-state index in [0.29, 0.717) is 32.1 Å². The molecule has 3 rings (SSSR count). The fourth-order valence-electron chi connectivity index (χ4n) is 2.47. The maximum atomic E-state index is 12.7. The van der Waals surface area contributed by atoms with Crippen molar-refractivity contribution >= 4 is 46.5 Å². The number of rotatable bonds is 3. The minimum atomic E-state index is -0.317. The summed E-state index contributed by atoms with van der Waals surface area (Å²) in [6, 6.07) is 13.9. The van der Waals surface area contributed by atoms with Crippen LogP contribution in [-0.2, 0) is 5.41 Å². The lowest BCUT2D eigenvalue weighted by Crippen LogP contribution is -2.15. The summed E-state index contributed by atoms with van der Waals surface area (Å²) >= 11 is 18.3. The van der Waals surface area contributed by atoms with E-state index in [0.717, 1.165) is 5.69 Å². The van der Waals surface area contributed by atoms with Crippen LogP contribution >= 0.6 is 34.8 Å². The number of amides is 1. The van der Waals surface area contributed by atoms with Crippen LogP contribution < -0.4 is 5.32 Å². The number of carbonyl (C=O) groups excluding carboxylic acids is 1. The Kier molecular flexibility index (Phi) is 5.52. The second-order valence-electron chi connectivity index (χ2n) is 7.11. The lowest BCUT2D eigenvalue weighted by Gasteiger charge is -2.14. The molecule has 4 nitrogen and oxygen atoms in total. The van der Waals surface area contributed by atoms with Gasteiger partial charge in [0.05, 0.1) is 26.4 Å². The van der Waals surface area contributed by atoms with Crippen molar-refractivity contribution < 1.29 is 4.79 Å². The van der Waals surface area contributed by atoms with Gasteiger partial charge >= 0.3 is 0 Å². The van der Waals surface area contributed by atoms with Gasteiger partial charge in [0.2, 0.25) is 0 Å². The third-order valence-electron chi connectivity index (χ3n) is 3.98. The van der Waals surface area contributed by atoms with Gasteiger partial charge in [-0.1, -0.05) is 67.7 Å². The van der Waals surface area contributed by atoms with Crippen molar-refractivity contribution in [1.29, 1.82) is 0 Å². The van der Waals surface area contributed by atoms with Crippen molar-refractivity contribution in [1.82, 2.24) is 9.78 Å². The number of halogens is 3.